The second-order valence-corrected chi connectivity index (χ2v) is 6.17. The summed E-state index contributed by atoms with van der Waals surface area (Å²) < 4.78 is 9.03. The lowest BCUT2D eigenvalue weighted by Crippen LogP contribution is -2.05. The fraction of sp³-hybridized carbons (Fsp3) is 0.385. The molecule has 4 heteroatoms. The van der Waals surface area contributed by atoms with E-state index in [4.69, 9.17) is 0 Å². The first kappa shape index (κ1) is 13.8. The molecule has 0 radical (unpaired) electrons. The van der Waals surface area contributed by atoms with Crippen LogP contribution in [0.5, 0.6) is 0 Å². The minimum absolute atomic E-state index is 0.0937. The van der Waals surface area contributed by atoms with Crippen molar-refractivity contribution < 1.29 is 9.53 Å². The normalized spacial score (nSPS) is 11.8. The summed E-state index contributed by atoms with van der Waals surface area (Å²) in [6.07, 6.45) is 1.75. The number of nitrogens with zero attached hydrogens (tertiary/aromatic N) is 1. The van der Waals surface area contributed by atoms with Gasteiger partial charge in [0.1, 0.15) is 0 Å². The molecule has 0 unspecified atom stereocenters. The summed E-state index contributed by atoms with van der Waals surface area (Å²) >= 11 is 1.50. The minimum Gasteiger partial charge on any atom is -0.465 e. The Labute approximate surface area is 106 Å². The van der Waals surface area contributed by atoms with Crippen molar-refractivity contribution in [2.45, 2.75) is 25.5 Å². The first-order chi connectivity index (χ1) is 7.92. The highest BCUT2D eigenvalue weighted by molar-refractivity contribution is 7.99. The molecule has 0 saturated heterocycles. The Morgan fingerprint density at radius 2 is 2.12 bits per heavy atom. The number of rotatable bonds is 3. The molecular formula is C13H17NO2S. The van der Waals surface area contributed by atoms with E-state index in [0.29, 0.717) is 5.56 Å². The van der Waals surface area contributed by atoms with E-state index in [9.17, 15) is 4.79 Å². The topological polar surface area (TPSA) is 38.7 Å². The highest BCUT2D eigenvalue weighted by Crippen LogP contribution is 2.23. The molecule has 0 atom stereocenters. The van der Waals surface area contributed by atoms with Gasteiger partial charge in [0.05, 0.1) is 12.7 Å². The lowest BCUT2D eigenvalue weighted by atomic mass is 10.1. The second-order valence-electron chi connectivity index (χ2n) is 4.56. The van der Waals surface area contributed by atoms with Gasteiger partial charge < -0.3 is 4.74 Å². The van der Waals surface area contributed by atoms with Crippen LogP contribution in [0.2, 0.25) is 0 Å². The average molecular weight is 251 g/mol. The third-order valence-corrected chi connectivity index (χ3v) is 2.59. The smallest absolute Gasteiger partial charge is 0.337 e. The van der Waals surface area contributed by atoms with Crippen molar-refractivity contribution >= 4 is 24.1 Å². The molecule has 1 aromatic rings. The van der Waals surface area contributed by atoms with Crippen molar-refractivity contribution in [3.05, 3.63) is 35.4 Å². The highest BCUT2D eigenvalue weighted by atomic mass is 32.2. The van der Waals surface area contributed by atoms with Gasteiger partial charge in [0.15, 0.2) is 0 Å². The molecule has 3 nitrogen and oxygen atoms in total. The summed E-state index contributed by atoms with van der Waals surface area (Å²) in [5.41, 5.74) is 1.43. The third kappa shape index (κ3) is 5.04. The molecule has 0 spiro atoms. The maximum Gasteiger partial charge on any atom is 0.337 e. The van der Waals surface area contributed by atoms with Gasteiger partial charge in [-0.2, -0.15) is 0 Å². The Morgan fingerprint density at radius 1 is 1.41 bits per heavy atom. The zero-order chi connectivity index (χ0) is 12.9. The SMILES string of the molecule is COC(=O)c1cccc(C=NSC(C)(C)C)c1. The predicted molar refractivity (Wildman–Crippen MR) is 72.7 cm³/mol. The van der Waals surface area contributed by atoms with E-state index in [1.807, 2.05) is 12.1 Å². The zero-order valence-electron chi connectivity index (χ0n) is 10.6. The monoisotopic (exact) mass is 251 g/mol. The second kappa shape index (κ2) is 5.87. The molecule has 0 bridgehead atoms. The summed E-state index contributed by atoms with van der Waals surface area (Å²) in [5, 5.41) is 0. The fourth-order valence-corrected chi connectivity index (χ4v) is 1.60. The largest absolute Gasteiger partial charge is 0.465 e. The van der Waals surface area contributed by atoms with Gasteiger partial charge >= 0.3 is 5.97 Å². The van der Waals surface area contributed by atoms with Gasteiger partial charge in [0.2, 0.25) is 0 Å². The summed E-state index contributed by atoms with van der Waals surface area (Å²) in [6, 6.07) is 7.20. The van der Waals surface area contributed by atoms with Crippen LogP contribution in [0.15, 0.2) is 28.7 Å². The van der Waals surface area contributed by atoms with E-state index in [0.717, 1.165) is 5.56 Å². The van der Waals surface area contributed by atoms with Crippen molar-refractivity contribution in [1.29, 1.82) is 0 Å². The summed E-state index contributed by atoms with van der Waals surface area (Å²) in [5.74, 6) is -0.330. The number of esters is 1. The van der Waals surface area contributed by atoms with Crippen LogP contribution in [0.25, 0.3) is 0 Å². The fourth-order valence-electron chi connectivity index (χ4n) is 1.11. The van der Waals surface area contributed by atoms with Crippen molar-refractivity contribution in [1.82, 2.24) is 0 Å². The molecule has 0 N–H and O–H groups in total. The van der Waals surface area contributed by atoms with Crippen LogP contribution >= 0.6 is 11.9 Å². The predicted octanol–water partition coefficient (Wildman–Crippen LogP) is 3.34. The number of methoxy groups -OCH3 is 1. The zero-order valence-corrected chi connectivity index (χ0v) is 11.4. The Kier molecular flexibility index (Phi) is 4.75. The standard InChI is InChI=1S/C13H17NO2S/c1-13(2,3)17-14-9-10-6-5-7-11(8-10)12(15)16-4/h5-9H,1-4H3. The van der Waals surface area contributed by atoms with Gasteiger partial charge in [-0.1, -0.05) is 12.1 Å². The van der Waals surface area contributed by atoms with Gasteiger partial charge in [0.25, 0.3) is 0 Å². The van der Waals surface area contributed by atoms with Crippen molar-refractivity contribution in [3.63, 3.8) is 0 Å². The molecule has 0 heterocycles. The van der Waals surface area contributed by atoms with Gasteiger partial charge in [-0.15, -0.1) is 0 Å². The van der Waals surface area contributed by atoms with Crippen LogP contribution < -0.4 is 0 Å². The van der Waals surface area contributed by atoms with Gasteiger partial charge in [-0.3, -0.25) is 0 Å². The first-order valence-electron chi connectivity index (χ1n) is 5.32. The van der Waals surface area contributed by atoms with Crippen molar-refractivity contribution in [2.75, 3.05) is 7.11 Å². The Morgan fingerprint density at radius 3 is 2.71 bits per heavy atom. The minimum atomic E-state index is -0.330. The number of carbonyl (C=O) groups is 1. The summed E-state index contributed by atoms with van der Waals surface area (Å²) in [6.45, 7) is 6.29. The Bertz CT molecular complexity index is 422. The molecule has 17 heavy (non-hydrogen) atoms. The van der Waals surface area contributed by atoms with Crippen LogP contribution in [0, 0.1) is 0 Å². The molecule has 0 saturated carbocycles. The Balaban J connectivity index is 2.76. The summed E-state index contributed by atoms with van der Waals surface area (Å²) in [4.78, 5) is 11.3. The number of hydrogen-bond donors (Lipinski definition) is 0. The van der Waals surface area contributed by atoms with Crippen LogP contribution in [0.1, 0.15) is 36.7 Å². The molecule has 0 fully saturated rings. The van der Waals surface area contributed by atoms with Crippen LogP contribution in [0.4, 0.5) is 0 Å². The van der Waals surface area contributed by atoms with Gasteiger partial charge in [0, 0.05) is 11.0 Å². The van der Waals surface area contributed by atoms with Crippen molar-refractivity contribution in [3.8, 4) is 0 Å². The lowest BCUT2D eigenvalue weighted by Gasteiger charge is -2.12. The average Bonchev–Trinajstić information content (AvgIpc) is 2.27. The molecule has 0 aliphatic carbocycles. The number of hydrogen-bond acceptors (Lipinski definition) is 4. The molecule has 0 aromatic heterocycles. The molecule has 0 amide bonds. The maximum absolute atomic E-state index is 11.3. The molecular weight excluding hydrogens is 234 g/mol. The van der Waals surface area contributed by atoms with E-state index >= 15 is 0 Å². The number of ether oxygens (including phenoxy) is 1. The van der Waals surface area contributed by atoms with E-state index in [1.54, 1.807) is 18.3 Å². The van der Waals surface area contributed by atoms with Gasteiger partial charge in [-0.25, -0.2) is 9.19 Å². The molecule has 0 aliphatic rings. The lowest BCUT2D eigenvalue weighted by molar-refractivity contribution is 0.0600. The Hall–Kier alpha value is -1.29. The van der Waals surface area contributed by atoms with Crippen LogP contribution in [0.3, 0.4) is 0 Å². The molecule has 1 rings (SSSR count). The quantitative estimate of drug-likeness (QED) is 0.470. The highest BCUT2D eigenvalue weighted by Gasteiger charge is 2.09. The van der Waals surface area contributed by atoms with E-state index < -0.39 is 0 Å². The van der Waals surface area contributed by atoms with E-state index in [2.05, 4.69) is 29.9 Å². The van der Waals surface area contributed by atoms with E-state index in [1.165, 1.54) is 19.1 Å². The maximum atomic E-state index is 11.3. The van der Waals surface area contributed by atoms with Gasteiger partial charge in [-0.05, 0) is 50.4 Å². The number of carbonyl (C=O) groups excluding carboxylic acids is 1. The molecule has 92 valence electrons. The molecule has 0 aliphatic heterocycles. The first-order valence-corrected chi connectivity index (χ1v) is 6.09. The summed E-state index contributed by atoms with van der Waals surface area (Å²) in [7, 11) is 1.37. The third-order valence-electron chi connectivity index (χ3n) is 1.84. The molecule has 1 aromatic carbocycles. The van der Waals surface area contributed by atoms with Crippen LogP contribution in [-0.4, -0.2) is 24.0 Å². The van der Waals surface area contributed by atoms with E-state index in [-0.39, 0.29) is 10.7 Å². The van der Waals surface area contributed by atoms with Crippen molar-refractivity contribution in [2.24, 2.45) is 4.40 Å². The number of benzene rings is 1. The van der Waals surface area contributed by atoms with Crippen LogP contribution in [-0.2, 0) is 4.74 Å².